The Morgan fingerprint density at radius 1 is 0.970 bits per heavy atom. The molecule has 176 valence electrons. The lowest BCUT2D eigenvalue weighted by molar-refractivity contribution is -0.127. The van der Waals surface area contributed by atoms with Crippen LogP contribution in [-0.4, -0.2) is 54.7 Å². The normalized spacial score (nSPS) is 11.0. The van der Waals surface area contributed by atoms with Crippen LogP contribution in [0.3, 0.4) is 0 Å². The SMILES string of the molecule is CCCCCN(CC#CC#CC(C)(C)C)CCN(C)C(=O)CSc1cccc2ccccc12. The molecule has 0 radical (unpaired) electrons. The molecule has 4 heteroatoms. The topological polar surface area (TPSA) is 23.6 Å². The van der Waals surface area contributed by atoms with Crippen molar-refractivity contribution < 1.29 is 4.79 Å². The van der Waals surface area contributed by atoms with E-state index in [2.05, 4.69) is 86.6 Å². The maximum Gasteiger partial charge on any atom is 0.232 e. The number of carbonyl (C=O) groups is 1. The molecule has 0 aliphatic heterocycles. The van der Waals surface area contributed by atoms with Gasteiger partial charge in [-0.25, -0.2) is 0 Å². The lowest BCUT2D eigenvalue weighted by Gasteiger charge is -2.24. The molecule has 2 aromatic carbocycles. The van der Waals surface area contributed by atoms with Gasteiger partial charge in [-0.15, -0.1) is 11.8 Å². The maximum absolute atomic E-state index is 12.8. The van der Waals surface area contributed by atoms with Crippen LogP contribution in [0.2, 0.25) is 0 Å². The van der Waals surface area contributed by atoms with E-state index in [0.29, 0.717) is 18.8 Å². The highest BCUT2D eigenvalue weighted by Gasteiger charge is 2.12. The first-order valence-corrected chi connectivity index (χ1v) is 12.9. The lowest BCUT2D eigenvalue weighted by atomic mass is 9.98. The molecule has 0 bridgehead atoms. The highest BCUT2D eigenvalue weighted by molar-refractivity contribution is 8.00. The smallest absolute Gasteiger partial charge is 0.232 e. The van der Waals surface area contributed by atoms with Crippen molar-refractivity contribution in [1.29, 1.82) is 0 Å². The van der Waals surface area contributed by atoms with E-state index >= 15 is 0 Å². The van der Waals surface area contributed by atoms with Gasteiger partial charge in [0.05, 0.1) is 12.3 Å². The van der Waals surface area contributed by atoms with E-state index in [1.807, 2.05) is 24.1 Å². The second-order valence-electron chi connectivity index (χ2n) is 9.37. The second kappa shape index (κ2) is 14.0. The molecule has 0 aliphatic rings. The van der Waals surface area contributed by atoms with Crippen molar-refractivity contribution in [2.75, 3.05) is 39.0 Å². The minimum absolute atomic E-state index is 0.0252. The number of fused-ring (bicyclic) bond motifs is 1. The van der Waals surface area contributed by atoms with Gasteiger partial charge in [0.15, 0.2) is 0 Å². The summed E-state index contributed by atoms with van der Waals surface area (Å²) < 4.78 is 0. The summed E-state index contributed by atoms with van der Waals surface area (Å²) in [6.07, 6.45) is 3.56. The Hall–Kier alpha value is -2.40. The van der Waals surface area contributed by atoms with Crippen molar-refractivity contribution in [1.82, 2.24) is 9.80 Å². The van der Waals surface area contributed by atoms with E-state index in [0.717, 1.165) is 24.4 Å². The molecule has 0 aliphatic carbocycles. The fourth-order valence-electron chi connectivity index (χ4n) is 3.26. The monoisotopic (exact) mass is 462 g/mol. The number of thioether (sulfide) groups is 1. The number of rotatable bonds is 11. The van der Waals surface area contributed by atoms with Crippen LogP contribution in [0.15, 0.2) is 47.4 Å². The highest BCUT2D eigenvalue weighted by atomic mass is 32.2. The molecule has 0 saturated heterocycles. The quantitative estimate of drug-likeness (QED) is 0.235. The van der Waals surface area contributed by atoms with Crippen LogP contribution in [0.1, 0.15) is 47.0 Å². The Morgan fingerprint density at radius 3 is 2.48 bits per heavy atom. The van der Waals surface area contributed by atoms with Gasteiger partial charge in [-0.3, -0.25) is 9.69 Å². The second-order valence-corrected chi connectivity index (χ2v) is 10.4. The number of hydrogen-bond donors (Lipinski definition) is 0. The third-order valence-electron chi connectivity index (χ3n) is 5.25. The predicted octanol–water partition coefficient (Wildman–Crippen LogP) is 5.94. The van der Waals surface area contributed by atoms with E-state index in [1.54, 1.807) is 11.8 Å². The van der Waals surface area contributed by atoms with Crippen LogP contribution in [0.4, 0.5) is 0 Å². The van der Waals surface area contributed by atoms with Gasteiger partial charge < -0.3 is 4.90 Å². The van der Waals surface area contributed by atoms with Gasteiger partial charge in [0.2, 0.25) is 5.91 Å². The molecule has 0 spiro atoms. The summed E-state index contributed by atoms with van der Waals surface area (Å²) in [6.45, 7) is 11.7. The average molecular weight is 463 g/mol. The Morgan fingerprint density at radius 2 is 1.73 bits per heavy atom. The zero-order valence-electron chi connectivity index (χ0n) is 20.9. The van der Waals surface area contributed by atoms with Crippen LogP contribution < -0.4 is 0 Å². The molecule has 3 nitrogen and oxygen atoms in total. The molecule has 0 fully saturated rings. The van der Waals surface area contributed by atoms with E-state index < -0.39 is 0 Å². The van der Waals surface area contributed by atoms with Crippen LogP contribution >= 0.6 is 11.8 Å². The Labute approximate surface area is 205 Å². The minimum Gasteiger partial charge on any atom is -0.344 e. The third-order valence-corrected chi connectivity index (χ3v) is 6.31. The van der Waals surface area contributed by atoms with Crippen molar-refractivity contribution in [3.63, 3.8) is 0 Å². The zero-order chi connectivity index (χ0) is 24.1. The summed E-state index contributed by atoms with van der Waals surface area (Å²) in [5.41, 5.74) is -0.0252. The van der Waals surface area contributed by atoms with E-state index in [1.165, 1.54) is 23.6 Å². The van der Waals surface area contributed by atoms with Crippen LogP contribution in [0.25, 0.3) is 10.8 Å². The molecule has 0 N–H and O–H groups in total. The number of benzene rings is 2. The zero-order valence-corrected chi connectivity index (χ0v) is 21.7. The van der Waals surface area contributed by atoms with Gasteiger partial charge in [-0.2, -0.15) is 0 Å². The Bertz CT molecular complexity index is 1010. The van der Waals surface area contributed by atoms with Crippen LogP contribution in [0, 0.1) is 29.1 Å². The first-order valence-electron chi connectivity index (χ1n) is 11.9. The van der Waals surface area contributed by atoms with E-state index in [4.69, 9.17) is 0 Å². The van der Waals surface area contributed by atoms with Gasteiger partial charge in [-0.1, -0.05) is 68.0 Å². The van der Waals surface area contributed by atoms with Gasteiger partial charge in [0.25, 0.3) is 0 Å². The number of hydrogen-bond acceptors (Lipinski definition) is 3. The van der Waals surface area contributed by atoms with Crippen LogP contribution in [-0.2, 0) is 4.79 Å². The molecular weight excluding hydrogens is 424 g/mol. The number of unbranched alkanes of at least 4 members (excludes halogenated alkanes) is 2. The van der Waals surface area contributed by atoms with Crippen molar-refractivity contribution >= 4 is 28.4 Å². The number of amides is 1. The molecule has 0 aromatic heterocycles. The molecule has 0 heterocycles. The largest absolute Gasteiger partial charge is 0.344 e. The van der Waals surface area contributed by atoms with Gasteiger partial charge in [0.1, 0.15) is 0 Å². The first-order chi connectivity index (χ1) is 15.8. The molecule has 0 atom stereocenters. The fourth-order valence-corrected chi connectivity index (χ4v) is 4.27. The molecule has 1 amide bonds. The Balaban J connectivity index is 1.87. The summed E-state index contributed by atoms with van der Waals surface area (Å²) >= 11 is 1.62. The van der Waals surface area contributed by atoms with Gasteiger partial charge in [-0.05, 0) is 62.4 Å². The first kappa shape index (κ1) is 26.8. The van der Waals surface area contributed by atoms with Crippen molar-refractivity contribution in [3.8, 4) is 23.7 Å². The summed E-state index contributed by atoms with van der Waals surface area (Å²) in [5.74, 6) is 12.9. The number of carbonyl (C=O) groups excluding carboxylic acids is 1. The van der Waals surface area contributed by atoms with E-state index in [-0.39, 0.29) is 11.3 Å². The maximum atomic E-state index is 12.8. The van der Waals surface area contributed by atoms with Crippen molar-refractivity contribution in [2.45, 2.75) is 51.9 Å². The molecule has 0 unspecified atom stereocenters. The average Bonchev–Trinajstić information content (AvgIpc) is 2.79. The number of likely N-dealkylation sites (N-methyl/N-ethyl adjacent to an activating group) is 1. The van der Waals surface area contributed by atoms with Gasteiger partial charge >= 0.3 is 0 Å². The Kier molecular flexibility index (Phi) is 11.4. The summed E-state index contributed by atoms with van der Waals surface area (Å²) in [6, 6.07) is 14.6. The molecular formula is C29H38N2OS. The third kappa shape index (κ3) is 10.4. The molecule has 2 aromatic rings. The molecule has 0 saturated carbocycles. The van der Waals surface area contributed by atoms with Gasteiger partial charge in [0, 0.05) is 30.4 Å². The summed E-state index contributed by atoms with van der Waals surface area (Å²) in [5, 5.41) is 2.41. The van der Waals surface area contributed by atoms with Crippen molar-refractivity contribution in [2.24, 2.45) is 5.41 Å². The molecule has 2 rings (SSSR count). The lowest BCUT2D eigenvalue weighted by Crippen LogP contribution is -2.37. The predicted molar refractivity (Wildman–Crippen MR) is 143 cm³/mol. The minimum atomic E-state index is -0.0252. The van der Waals surface area contributed by atoms with Crippen molar-refractivity contribution in [3.05, 3.63) is 42.5 Å². The van der Waals surface area contributed by atoms with Crippen LogP contribution in [0.5, 0.6) is 0 Å². The summed E-state index contributed by atoms with van der Waals surface area (Å²) in [7, 11) is 1.90. The highest BCUT2D eigenvalue weighted by Crippen LogP contribution is 2.27. The fraction of sp³-hybridized carbons (Fsp3) is 0.483. The van der Waals surface area contributed by atoms with E-state index in [9.17, 15) is 4.79 Å². The number of nitrogens with zero attached hydrogens (tertiary/aromatic N) is 2. The standard InChI is InChI=1S/C29H38N2OS/c1-6-7-12-20-31(21-13-8-11-19-29(2,3)4)23-22-30(5)28(32)24-33-27-18-14-16-25-15-9-10-17-26(25)27/h9-10,14-18H,6-7,12,20-24H2,1-5H3. The molecule has 33 heavy (non-hydrogen) atoms. The summed E-state index contributed by atoms with van der Waals surface area (Å²) in [4.78, 5) is 18.1.